The van der Waals surface area contributed by atoms with E-state index in [4.69, 9.17) is 11.5 Å². The maximum Gasteiger partial charge on any atom is 0.152 e. The van der Waals surface area contributed by atoms with Crippen LogP contribution in [0.1, 0.15) is 46.0 Å². The van der Waals surface area contributed by atoms with Gasteiger partial charge in [-0.3, -0.25) is 4.79 Å². The van der Waals surface area contributed by atoms with Crippen molar-refractivity contribution in [2.45, 2.75) is 52.0 Å². The zero-order chi connectivity index (χ0) is 12.1. The minimum Gasteiger partial charge on any atom is -0.330 e. The Hall–Kier alpha value is -0.120. The van der Waals surface area contributed by atoms with Crippen LogP contribution in [0.4, 0.5) is 0 Å². The van der Waals surface area contributed by atoms with Crippen molar-refractivity contribution in [3.8, 4) is 0 Å². The van der Waals surface area contributed by atoms with Crippen LogP contribution in [0.15, 0.2) is 0 Å². The van der Waals surface area contributed by atoms with Crippen molar-refractivity contribution in [3.63, 3.8) is 0 Å². The number of carbonyl (C=O) groups is 1. The largest absolute Gasteiger partial charge is 0.330 e. The van der Waals surface area contributed by atoms with Gasteiger partial charge in [0.2, 0.25) is 0 Å². The second kappa shape index (κ2) is 8.06. The lowest BCUT2D eigenvalue weighted by Gasteiger charge is -2.29. The summed E-state index contributed by atoms with van der Waals surface area (Å²) in [6.07, 6.45) is 5.15. The van der Waals surface area contributed by atoms with E-state index in [1.807, 2.05) is 0 Å². The molecule has 1 aliphatic rings. The van der Waals surface area contributed by atoms with Gasteiger partial charge in [0.25, 0.3) is 0 Å². The van der Waals surface area contributed by atoms with Crippen molar-refractivity contribution in [2.24, 2.45) is 29.2 Å². The highest BCUT2D eigenvalue weighted by Crippen LogP contribution is 2.30. The summed E-state index contributed by atoms with van der Waals surface area (Å²) >= 11 is 0. The molecule has 0 heterocycles. The van der Waals surface area contributed by atoms with E-state index in [1.165, 1.54) is 0 Å². The Morgan fingerprint density at radius 3 is 2.24 bits per heavy atom. The quantitative estimate of drug-likeness (QED) is 0.797. The Kier molecular flexibility index (Phi) is 8.01. The first kappa shape index (κ1) is 16.9. The normalized spacial score (nSPS) is 28.0. The fraction of sp³-hybridized carbons (Fsp3) is 0.923. The third-order valence-electron chi connectivity index (χ3n) is 4.17. The third-order valence-corrected chi connectivity index (χ3v) is 4.17. The van der Waals surface area contributed by atoms with Crippen LogP contribution >= 0.6 is 12.4 Å². The van der Waals surface area contributed by atoms with Crippen LogP contribution in [0, 0.1) is 17.8 Å². The van der Waals surface area contributed by atoms with Crippen LogP contribution in [-0.4, -0.2) is 18.4 Å². The molecule has 0 unspecified atom stereocenters. The third kappa shape index (κ3) is 4.57. The number of nitrogens with two attached hydrogens (primary N) is 2. The Morgan fingerprint density at radius 2 is 1.82 bits per heavy atom. The predicted octanol–water partition coefficient (Wildman–Crippen LogP) is 2.12. The molecule has 17 heavy (non-hydrogen) atoms. The zero-order valence-corrected chi connectivity index (χ0v) is 11.8. The summed E-state index contributed by atoms with van der Waals surface area (Å²) in [5, 5.41) is 0. The summed E-state index contributed by atoms with van der Waals surface area (Å²) in [5.74, 6) is 1.42. The van der Waals surface area contributed by atoms with Gasteiger partial charge in [-0.2, -0.15) is 0 Å². The van der Waals surface area contributed by atoms with Crippen LogP contribution in [-0.2, 0) is 4.79 Å². The van der Waals surface area contributed by atoms with Crippen molar-refractivity contribution in [2.75, 3.05) is 6.54 Å². The molecule has 102 valence electrons. The second-order valence-corrected chi connectivity index (χ2v) is 5.27. The first-order valence-electron chi connectivity index (χ1n) is 6.59. The summed E-state index contributed by atoms with van der Waals surface area (Å²) in [7, 11) is 0. The Balaban J connectivity index is 0.00000256. The zero-order valence-electron chi connectivity index (χ0n) is 11.0. The molecule has 1 rings (SSSR count). The summed E-state index contributed by atoms with van der Waals surface area (Å²) in [5.41, 5.74) is 11.6. The average Bonchev–Trinajstić information content (AvgIpc) is 2.36. The number of hydrogen-bond donors (Lipinski definition) is 2. The monoisotopic (exact) mass is 262 g/mol. The molecule has 0 radical (unpaired) electrons. The standard InChI is InChI=1S/C13H26N2O.ClH/c1-3-9(2)12(15)13(16)11-6-4-10(8-14)5-7-11;/h9-12H,3-8,14-15H2,1-2H3;1H/t9-,10?,11?,12-;/m0./s1. The topological polar surface area (TPSA) is 69.1 Å². The highest BCUT2D eigenvalue weighted by molar-refractivity contribution is 5.86. The molecule has 0 aromatic rings. The van der Waals surface area contributed by atoms with Crippen molar-refractivity contribution in [1.29, 1.82) is 0 Å². The van der Waals surface area contributed by atoms with E-state index < -0.39 is 0 Å². The SMILES string of the molecule is CC[C@H](C)[C@H](N)C(=O)C1CCC(CN)CC1.Cl. The molecule has 3 nitrogen and oxygen atoms in total. The molecule has 0 aliphatic heterocycles. The van der Waals surface area contributed by atoms with Gasteiger partial charge in [-0.1, -0.05) is 20.3 Å². The molecule has 2 atom stereocenters. The molecule has 0 bridgehead atoms. The van der Waals surface area contributed by atoms with E-state index in [0.717, 1.165) is 38.6 Å². The Labute approximate surface area is 111 Å². The summed E-state index contributed by atoms with van der Waals surface area (Å²) in [6.45, 7) is 4.91. The van der Waals surface area contributed by atoms with Gasteiger partial charge in [-0.05, 0) is 44.1 Å². The van der Waals surface area contributed by atoms with E-state index in [0.29, 0.717) is 11.8 Å². The lowest BCUT2D eigenvalue weighted by molar-refractivity contribution is -0.126. The molecule has 0 aromatic heterocycles. The molecule has 0 spiro atoms. The van der Waals surface area contributed by atoms with Crippen LogP contribution < -0.4 is 11.5 Å². The van der Waals surface area contributed by atoms with Crippen LogP contribution in [0.5, 0.6) is 0 Å². The van der Waals surface area contributed by atoms with Gasteiger partial charge in [-0.15, -0.1) is 12.4 Å². The van der Waals surface area contributed by atoms with E-state index in [1.54, 1.807) is 0 Å². The van der Waals surface area contributed by atoms with E-state index in [2.05, 4.69) is 13.8 Å². The van der Waals surface area contributed by atoms with Crippen molar-refractivity contribution in [3.05, 3.63) is 0 Å². The molecular weight excluding hydrogens is 236 g/mol. The van der Waals surface area contributed by atoms with Crippen LogP contribution in [0.3, 0.4) is 0 Å². The minimum absolute atomic E-state index is 0. The van der Waals surface area contributed by atoms with Gasteiger partial charge in [-0.25, -0.2) is 0 Å². The van der Waals surface area contributed by atoms with Gasteiger partial charge in [0.05, 0.1) is 6.04 Å². The summed E-state index contributed by atoms with van der Waals surface area (Å²) < 4.78 is 0. The van der Waals surface area contributed by atoms with Crippen molar-refractivity contribution < 1.29 is 4.79 Å². The molecular formula is C13H27ClN2O. The lowest BCUT2D eigenvalue weighted by Crippen LogP contribution is -2.41. The van der Waals surface area contributed by atoms with Crippen molar-refractivity contribution in [1.82, 2.24) is 0 Å². The molecule has 1 fully saturated rings. The molecule has 0 aromatic carbocycles. The van der Waals surface area contributed by atoms with Gasteiger partial charge < -0.3 is 11.5 Å². The van der Waals surface area contributed by atoms with Crippen LogP contribution in [0.25, 0.3) is 0 Å². The number of hydrogen-bond acceptors (Lipinski definition) is 3. The smallest absolute Gasteiger partial charge is 0.152 e. The van der Waals surface area contributed by atoms with E-state index >= 15 is 0 Å². The maximum atomic E-state index is 12.1. The van der Waals surface area contributed by atoms with E-state index in [9.17, 15) is 4.79 Å². The predicted molar refractivity (Wildman–Crippen MR) is 74.2 cm³/mol. The van der Waals surface area contributed by atoms with Gasteiger partial charge in [0.1, 0.15) is 0 Å². The van der Waals surface area contributed by atoms with Gasteiger partial charge in [0, 0.05) is 5.92 Å². The first-order valence-corrected chi connectivity index (χ1v) is 6.59. The second-order valence-electron chi connectivity index (χ2n) is 5.27. The molecule has 0 amide bonds. The van der Waals surface area contributed by atoms with Crippen LogP contribution in [0.2, 0.25) is 0 Å². The fourth-order valence-corrected chi connectivity index (χ4v) is 2.49. The number of halogens is 1. The van der Waals surface area contributed by atoms with Crippen molar-refractivity contribution >= 4 is 18.2 Å². The molecule has 1 aliphatic carbocycles. The summed E-state index contributed by atoms with van der Waals surface area (Å²) in [6, 6.07) is -0.260. The number of ketones is 1. The molecule has 1 saturated carbocycles. The highest BCUT2D eigenvalue weighted by atomic mass is 35.5. The van der Waals surface area contributed by atoms with Gasteiger partial charge in [0.15, 0.2) is 5.78 Å². The number of carbonyl (C=O) groups excluding carboxylic acids is 1. The highest BCUT2D eigenvalue weighted by Gasteiger charge is 2.30. The van der Waals surface area contributed by atoms with Gasteiger partial charge >= 0.3 is 0 Å². The summed E-state index contributed by atoms with van der Waals surface area (Å²) in [4.78, 5) is 12.1. The number of Topliss-reactive ketones (excluding diaryl/α,β-unsaturated/α-hetero) is 1. The number of rotatable bonds is 5. The average molecular weight is 263 g/mol. The Bertz CT molecular complexity index is 227. The van der Waals surface area contributed by atoms with E-state index in [-0.39, 0.29) is 30.2 Å². The molecule has 4 heteroatoms. The molecule has 0 saturated heterocycles. The minimum atomic E-state index is -0.260. The Morgan fingerprint density at radius 1 is 1.29 bits per heavy atom. The fourth-order valence-electron chi connectivity index (χ4n) is 2.49. The lowest BCUT2D eigenvalue weighted by atomic mass is 9.77. The first-order chi connectivity index (χ1) is 7.60. The maximum absolute atomic E-state index is 12.1. The molecule has 4 N–H and O–H groups in total.